The summed E-state index contributed by atoms with van der Waals surface area (Å²) in [6.45, 7) is 4.29. The van der Waals surface area contributed by atoms with E-state index in [-0.39, 0.29) is 34.7 Å². The molecule has 1 atom stereocenters. The number of rotatable bonds is 7. The highest BCUT2D eigenvalue weighted by Gasteiger charge is 2.31. The summed E-state index contributed by atoms with van der Waals surface area (Å²) in [5, 5.41) is 0. The Kier molecular flexibility index (Phi) is 8.87. The molecular weight excluding hydrogens is 579 g/mol. The van der Waals surface area contributed by atoms with Gasteiger partial charge in [0.25, 0.3) is 0 Å². The number of likely N-dealkylation sites (tertiary alicyclic amines) is 1. The molecule has 0 aliphatic carbocycles. The highest BCUT2D eigenvalue weighted by Crippen LogP contribution is 2.28. The van der Waals surface area contributed by atoms with Crippen LogP contribution in [0.1, 0.15) is 33.6 Å². The van der Waals surface area contributed by atoms with Crippen LogP contribution in [0.25, 0.3) is 22.5 Å². The Morgan fingerprint density at radius 2 is 1.71 bits per heavy atom. The topological polar surface area (TPSA) is 163 Å². The first-order valence-electron chi connectivity index (χ1n) is 12.8. The number of hydrogen-bond donors (Lipinski definition) is 2. The lowest BCUT2D eigenvalue weighted by atomic mass is 10.1. The van der Waals surface area contributed by atoms with Crippen LogP contribution in [0.4, 0.5) is 23.9 Å². The van der Waals surface area contributed by atoms with Crippen LogP contribution in [0.5, 0.6) is 5.88 Å². The standard InChI is InChI=1S/C26H30F3N7O5S/c1-25(2,3)41-24(37)36-8-4-5-18(14-36)35-42(38,39)19-9-20(34-21(10-19)17-12-32-23(30)33-13-17)16-6-7-22(31-11-16)40-15-26(27,28)29/h6-7,9-13,18,35H,4-5,8,14-15H2,1-3H3,(H2,30,32,33)/t18-/m0/s1. The van der Waals surface area contributed by atoms with Crippen molar-refractivity contribution in [3.63, 3.8) is 0 Å². The van der Waals surface area contributed by atoms with Gasteiger partial charge in [0.1, 0.15) is 5.60 Å². The van der Waals surface area contributed by atoms with E-state index in [4.69, 9.17) is 10.5 Å². The summed E-state index contributed by atoms with van der Waals surface area (Å²) in [5.41, 5.74) is 5.94. The second kappa shape index (κ2) is 12.1. The van der Waals surface area contributed by atoms with E-state index in [1.807, 2.05) is 0 Å². The molecule has 3 N–H and O–H groups in total. The smallest absolute Gasteiger partial charge is 0.422 e. The Balaban J connectivity index is 1.63. The molecule has 0 saturated carbocycles. The van der Waals surface area contributed by atoms with Crippen molar-refractivity contribution in [1.82, 2.24) is 29.6 Å². The highest BCUT2D eigenvalue weighted by molar-refractivity contribution is 7.89. The monoisotopic (exact) mass is 609 g/mol. The van der Waals surface area contributed by atoms with E-state index in [0.29, 0.717) is 30.5 Å². The van der Waals surface area contributed by atoms with Gasteiger partial charge in [-0.3, -0.25) is 0 Å². The van der Waals surface area contributed by atoms with Gasteiger partial charge >= 0.3 is 12.3 Å². The van der Waals surface area contributed by atoms with Crippen molar-refractivity contribution in [3.8, 4) is 28.4 Å². The third-order valence-corrected chi connectivity index (χ3v) is 7.39. The number of nitrogens with one attached hydrogen (secondary N) is 1. The minimum atomic E-state index is -4.53. The molecular formula is C26H30F3N7O5S. The average Bonchev–Trinajstić information content (AvgIpc) is 2.91. The highest BCUT2D eigenvalue weighted by atomic mass is 32.2. The minimum absolute atomic E-state index is 0.00917. The van der Waals surface area contributed by atoms with Crippen molar-refractivity contribution in [2.24, 2.45) is 0 Å². The van der Waals surface area contributed by atoms with E-state index < -0.39 is 40.5 Å². The number of nitrogens with two attached hydrogens (primary N) is 1. The van der Waals surface area contributed by atoms with Crippen LogP contribution in [-0.4, -0.2) is 76.9 Å². The van der Waals surface area contributed by atoms with Gasteiger partial charge in [0.05, 0.1) is 16.3 Å². The summed E-state index contributed by atoms with van der Waals surface area (Å²) in [4.78, 5) is 30.1. The fourth-order valence-corrected chi connectivity index (χ4v) is 5.35. The molecule has 42 heavy (non-hydrogen) atoms. The molecule has 0 unspecified atom stereocenters. The SMILES string of the molecule is CC(C)(C)OC(=O)N1CCC[C@H](NS(=O)(=O)c2cc(-c3ccc(OCC(F)(F)F)nc3)nc(-c3cnc(N)nc3)c2)C1. The quantitative estimate of drug-likeness (QED) is 0.403. The van der Waals surface area contributed by atoms with E-state index in [1.54, 1.807) is 20.8 Å². The Hall–Kier alpha value is -4.05. The number of anilines is 1. The van der Waals surface area contributed by atoms with Crippen LogP contribution in [0, 0.1) is 0 Å². The van der Waals surface area contributed by atoms with Crippen LogP contribution in [0.15, 0.2) is 47.8 Å². The normalized spacial score (nSPS) is 16.2. The number of halogens is 3. The zero-order chi connectivity index (χ0) is 30.7. The lowest BCUT2D eigenvalue weighted by Crippen LogP contribution is -2.50. The molecule has 4 heterocycles. The summed E-state index contributed by atoms with van der Waals surface area (Å²) in [5.74, 6) is -0.254. The number of nitrogen functional groups attached to an aromatic ring is 1. The van der Waals surface area contributed by atoms with Crippen LogP contribution in [-0.2, 0) is 14.8 Å². The predicted octanol–water partition coefficient (Wildman–Crippen LogP) is 3.80. The summed E-state index contributed by atoms with van der Waals surface area (Å²) in [7, 11) is -4.15. The number of sulfonamides is 1. The molecule has 1 aliphatic heterocycles. The van der Waals surface area contributed by atoms with Crippen molar-refractivity contribution in [1.29, 1.82) is 0 Å². The second-order valence-electron chi connectivity index (χ2n) is 10.6. The fraction of sp³-hybridized carbons (Fsp3) is 0.423. The van der Waals surface area contributed by atoms with Crippen molar-refractivity contribution in [2.45, 2.75) is 56.3 Å². The number of piperidine rings is 1. The van der Waals surface area contributed by atoms with Crippen LogP contribution >= 0.6 is 0 Å². The molecule has 3 aromatic rings. The molecule has 0 radical (unpaired) electrons. The Morgan fingerprint density at radius 1 is 1.07 bits per heavy atom. The lowest BCUT2D eigenvalue weighted by Gasteiger charge is -2.34. The molecule has 0 aromatic carbocycles. The maximum atomic E-state index is 13.6. The van der Waals surface area contributed by atoms with E-state index in [9.17, 15) is 26.4 Å². The third-order valence-electron chi connectivity index (χ3n) is 5.89. The first-order chi connectivity index (χ1) is 19.6. The van der Waals surface area contributed by atoms with Gasteiger partial charge in [0.15, 0.2) is 6.61 Å². The molecule has 12 nitrogen and oxygen atoms in total. The number of nitrogens with zero attached hydrogens (tertiary/aromatic N) is 5. The maximum absolute atomic E-state index is 13.6. The molecule has 1 amide bonds. The van der Waals surface area contributed by atoms with E-state index >= 15 is 0 Å². The largest absolute Gasteiger partial charge is 0.468 e. The van der Waals surface area contributed by atoms with E-state index in [0.717, 1.165) is 0 Å². The molecule has 16 heteroatoms. The lowest BCUT2D eigenvalue weighted by molar-refractivity contribution is -0.154. The molecule has 0 bridgehead atoms. The van der Waals surface area contributed by atoms with Crippen molar-refractivity contribution >= 4 is 22.1 Å². The van der Waals surface area contributed by atoms with Crippen LogP contribution in [0.3, 0.4) is 0 Å². The third kappa shape index (κ3) is 8.48. The van der Waals surface area contributed by atoms with Gasteiger partial charge in [-0.05, 0) is 51.8 Å². The zero-order valence-corrected chi connectivity index (χ0v) is 23.9. The number of carbonyl (C=O) groups excluding carboxylic acids is 1. The number of alkyl halides is 3. The van der Waals surface area contributed by atoms with Crippen LogP contribution in [0.2, 0.25) is 0 Å². The zero-order valence-electron chi connectivity index (χ0n) is 23.1. The maximum Gasteiger partial charge on any atom is 0.422 e. The van der Waals surface area contributed by atoms with Gasteiger partial charge in [-0.1, -0.05) is 0 Å². The van der Waals surface area contributed by atoms with Gasteiger partial charge in [-0.25, -0.2) is 37.9 Å². The molecule has 1 saturated heterocycles. The predicted molar refractivity (Wildman–Crippen MR) is 146 cm³/mol. The second-order valence-corrected chi connectivity index (χ2v) is 12.3. The number of amides is 1. The number of aromatic nitrogens is 4. The van der Waals surface area contributed by atoms with Crippen molar-refractivity contribution < 1.29 is 35.9 Å². The van der Waals surface area contributed by atoms with Gasteiger partial charge in [-0.2, -0.15) is 13.2 Å². The Bertz CT molecular complexity index is 1510. The molecule has 3 aromatic heterocycles. The summed E-state index contributed by atoms with van der Waals surface area (Å²) in [6.07, 6.45) is -0.0147. The summed E-state index contributed by atoms with van der Waals surface area (Å²) in [6, 6.07) is 4.70. The molecule has 226 valence electrons. The van der Waals surface area contributed by atoms with Crippen molar-refractivity contribution in [3.05, 3.63) is 42.9 Å². The van der Waals surface area contributed by atoms with Crippen molar-refractivity contribution in [2.75, 3.05) is 25.4 Å². The number of carbonyl (C=O) groups is 1. The molecule has 1 fully saturated rings. The first-order valence-corrected chi connectivity index (χ1v) is 14.3. The average molecular weight is 610 g/mol. The van der Waals surface area contributed by atoms with Gasteiger partial charge in [0, 0.05) is 54.9 Å². The number of pyridine rings is 2. The molecule has 4 rings (SSSR count). The molecule has 1 aliphatic rings. The summed E-state index contributed by atoms with van der Waals surface area (Å²) < 4.78 is 77.4. The van der Waals surface area contributed by atoms with E-state index in [1.165, 1.54) is 47.8 Å². The number of hydrogen-bond acceptors (Lipinski definition) is 10. The first kappa shape index (κ1) is 30.9. The minimum Gasteiger partial charge on any atom is -0.468 e. The van der Waals surface area contributed by atoms with Gasteiger partial charge in [0.2, 0.25) is 21.9 Å². The summed E-state index contributed by atoms with van der Waals surface area (Å²) >= 11 is 0. The molecule has 0 spiro atoms. The van der Waals surface area contributed by atoms with Gasteiger partial charge < -0.3 is 20.1 Å². The Labute approximate surface area is 240 Å². The number of ether oxygens (including phenoxy) is 2. The Morgan fingerprint density at radius 3 is 2.31 bits per heavy atom. The fourth-order valence-electron chi connectivity index (χ4n) is 4.05. The van der Waals surface area contributed by atoms with E-state index in [2.05, 4.69) is 29.4 Å². The van der Waals surface area contributed by atoms with Crippen LogP contribution < -0.4 is 15.2 Å². The van der Waals surface area contributed by atoms with Gasteiger partial charge in [-0.15, -0.1) is 0 Å².